The van der Waals surface area contributed by atoms with Crippen LogP contribution >= 0.6 is 33.9 Å². The minimum Gasteiger partial charge on any atom is -0.307 e. The summed E-state index contributed by atoms with van der Waals surface area (Å²) in [7, 11) is 0. The van der Waals surface area contributed by atoms with Crippen molar-refractivity contribution in [3.8, 4) is 0 Å². The summed E-state index contributed by atoms with van der Waals surface area (Å²) in [5, 5.41) is 4.05. The molecule has 3 aliphatic rings. The van der Waals surface area contributed by atoms with Crippen LogP contribution < -0.4 is 5.32 Å². The fraction of sp³-hybridized carbons (Fsp3) is 0.733. The van der Waals surface area contributed by atoms with Gasteiger partial charge in [-0.2, -0.15) is 0 Å². The van der Waals surface area contributed by atoms with E-state index < -0.39 is 0 Å². The van der Waals surface area contributed by atoms with E-state index in [2.05, 4.69) is 34.0 Å². The molecule has 0 spiro atoms. The average molecular weight is 373 g/mol. The van der Waals surface area contributed by atoms with Gasteiger partial charge in [-0.1, -0.05) is 0 Å². The van der Waals surface area contributed by atoms with Crippen molar-refractivity contribution in [1.29, 1.82) is 0 Å². The Morgan fingerprint density at radius 3 is 2.56 bits per heavy atom. The lowest BCUT2D eigenvalue weighted by atomic mass is 9.92. The van der Waals surface area contributed by atoms with Crippen molar-refractivity contribution in [2.45, 2.75) is 57.0 Å². The minimum absolute atomic E-state index is 0.666. The van der Waals surface area contributed by atoms with Crippen molar-refractivity contribution >= 4 is 33.9 Å². The molecule has 4 rings (SSSR count). The molecular formula is C15H20INS. The Morgan fingerprint density at radius 2 is 1.89 bits per heavy atom. The fourth-order valence-corrected chi connectivity index (χ4v) is 5.61. The number of rotatable bonds is 4. The predicted molar refractivity (Wildman–Crippen MR) is 85.1 cm³/mol. The monoisotopic (exact) mass is 373 g/mol. The van der Waals surface area contributed by atoms with Gasteiger partial charge < -0.3 is 5.32 Å². The van der Waals surface area contributed by atoms with E-state index in [9.17, 15) is 0 Å². The van der Waals surface area contributed by atoms with Gasteiger partial charge in [0.1, 0.15) is 0 Å². The van der Waals surface area contributed by atoms with Crippen LogP contribution in [0.1, 0.15) is 55.0 Å². The van der Waals surface area contributed by atoms with Crippen molar-refractivity contribution < 1.29 is 0 Å². The van der Waals surface area contributed by atoms with E-state index in [0.717, 1.165) is 17.9 Å². The minimum atomic E-state index is 0.666. The molecule has 0 amide bonds. The molecule has 3 aliphatic carbocycles. The van der Waals surface area contributed by atoms with Gasteiger partial charge >= 0.3 is 0 Å². The summed E-state index contributed by atoms with van der Waals surface area (Å²) in [5.74, 6) is 2.03. The summed E-state index contributed by atoms with van der Waals surface area (Å²) in [4.78, 5) is 1.66. The Hall–Kier alpha value is 0.390. The topological polar surface area (TPSA) is 12.0 Å². The number of nitrogens with one attached hydrogen (secondary N) is 1. The molecule has 0 radical (unpaired) electrons. The van der Waals surface area contributed by atoms with Gasteiger partial charge in [-0.25, -0.2) is 0 Å². The van der Waals surface area contributed by atoms with E-state index in [1.54, 1.807) is 10.4 Å². The first-order chi connectivity index (χ1) is 8.81. The molecule has 3 heteroatoms. The molecule has 98 valence electrons. The van der Waals surface area contributed by atoms with Crippen molar-refractivity contribution in [2.24, 2.45) is 11.8 Å². The van der Waals surface area contributed by atoms with Gasteiger partial charge in [-0.3, -0.25) is 0 Å². The first-order valence-corrected chi connectivity index (χ1v) is 9.25. The van der Waals surface area contributed by atoms with Crippen LogP contribution in [-0.2, 0) is 6.42 Å². The molecule has 0 aliphatic heterocycles. The fourth-order valence-electron chi connectivity index (χ4n) is 3.49. The predicted octanol–water partition coefficient (Wildman–Crippen LogP) is 4.51. The third-order valence-corrected chi connectivity index (χ3v) is 6.71. The van der Waals surface area contributed by atoms with E-state index in [-0.39, 0.29) is 0 Å². The van der Waals surface area contributed by atoms with Crippen LogP contribution in [0.15, 0.2) is 6.07 Å². The number of halogens is 1. The van der Waals surface area contributed by atoms with Crippen LogP contribution in [0.2, 0.25) is 0 Å². The van der Waals surface area contributed by atoms with E-state index >= 15 is 0 Å². The molecular weight excluding hydrogens is 353 g/mol. The summed E-state index contributed by atoms with van der Waals surface area (Å²) < 4.78 is 1.47. The van der Waals surface area contributed by atoms with E-state index in [0.29, 0.717) is 6.04 Å². The molecule has 1 N–H and O–H groups in total. The van der Waals surface area contributed by atoms with Gasteiger partial charge in [0.05, 0.1) is 2.88 Å². The molecule has 0 aromatic carbocycles. The van der Waals surface area contributed by atoms with Crippen molar-refractivity contribution in [3.63, 3.8) is 0 Å². The smallest absolute Gasteiger partial charge is 0.0659 e. The molecule has 0 bridgehead atoms. The molecule has 1 aromatic rings. The molecule has 1 atom stereocenters. The molecule has 0 saturated heterocycles. The Kier molecular flexibility index (Phi) is 3.20. The van der Waals surface area contributed by atoms with E-state index in [1.165, 1.54) is 47.8 Å². The quantitative estimate of drug-likeness (QED) is 0.766. The van der Waals surface area contributed by atoms with Crippen molar-refractivity contribution in [2.75, 3.05) is 0 Å². The first kappa shape index (κ1) is 12.2. The third-order valence-electron chi connectivity index (χ3n) is 4.74. The summed E-state index contributed by atoms with van der Waals surface area (Å²) >= 11 is 4.50. The Bertz CT molecular complexity index is 435. The first-order valence-electron chi connectivity index (χ1n) is 7.35. The van der Waals surface area contributed by atoms with Crippen LogP contribution in [-0.4, -0.2) is 6.04 Å². The van der Waals surface area contributed by atoms with Crippen LogP contribution in [0.5, 0.6) is 0 Å². The van der Waals surface area contributed by atoms with Crippen LogP contribution in [0.4, 0.5) is 0 Å². The summed E-state index contributed by atoms with van der Waals surface area (Å²) in [6, 6.07) is 3.95. The van der Waals surface area contributed by atoms with E-state index in [1.807, 2.05) is 11.3 Å². The summed E-state index contributed by atoms with van der Waals surface area (Å²) in [6.45, 7) is 0. The van der Waals surface area contributed by atoms with Gasteiger partial charge in [-0.05, 0) is 91.0 Å². The van der Waals surface area contributed by atoms with Crippen LogP contribution in [0, 0.1) is 14.7 Å². The van der Waals surface area contributed by atoms with Gasteiger partial charge in [0.15, 0.2) is 0 Å². The van der Waals surface area contributed by atoms with Gasteiger partial charge in [0.25, 0.3) is 0 Å². The highest BCUT2D eigenvalue weighted by molar-refractivity contribution is 14.1. The lowest BCUT2D eigenvalue weighted by molar-refractivity contribution is 0.342. The maximum Gasteiger partial charge on any atom is 0.0659 e. The highest BCUT2D eigenvalue weighted by Gasteiger charge is 2.42. The zero-order chi connectivity index (χ0) is 12.1. The highest BCUT2D eigenvalue weighted by atomic mass is 127. The van der Waals surface area contributed by atoms with Gasteiger partial charge in [0.2, 0.25) is 0 Å². The molecule has 1 aromatic heterocycles. The zero-order valence-corrected chi connectivity index (χ0v) is 13.6. The average Bonchev–Trinajstić information content (AvgIpc) is 3.23. The molecule has 18 heavy (non-hydrogen) atoms. The van der Waals surface area contributed by atoms with Gasteiger partial charge in [0, 0.05) is 17.0 Å². The SMILES string of the molecule is Ic1cc2c(s1)CCCC2NC(C1CC1)C1CC1. The highest BCUT2D eigenvalue weighted by Crippen LogP contribution is 2.46. The Labute approximate surface area is 127 Å². The van der Waals surface area contributed by atoms with Gasteiger partial charge in [-0.15, -0.1) is 11.3 Å². The largest absolute Gasteiger partial charge is 0.307 e. The second-order valence-electron chi connectivity index (χ2n) is 6.24. The molecule has 2 saturated carbocycles. The van der Waals surface area contributed by atoms with Crippen LogP contribution in [0.3, 0.4) is 0 Å². The third kappa shape index (κ3) is 2.38. The van der Waals surface area contributed by atoms with E-state index in [4.69, 9.17) is 0 Å². The summed E-state index contributed by atoms with van der Waals surface area (Å²) in [6.07, 6.45) is 9.98. The number of thiophene rings is 1. The summed E-state index contributed by atoms with van der Waals surface area (Å²) in [5.41, 5.74) is 1.64. The Balaban J connectivity index is 1.54. The molecule has 1 heterocycles. The molecule has 1 unspecified atom stereocenters. The number of hydrogen-bond acceptors (Lipinski definition) is 2. The number of fused-ring (bicyclic) bond motifs is 1. The maximum absolute atomic E-state index is 4.05. The Morgan fingerprint density at radius 1 is 1.17 bits per heavy atom. The molecule has 2 fully saturated rings. The number of aryl methyl sites for hydroxylation is 1. The second kappa shape index (κ2) is 4.74. The maximum atomic E-state index is 4.05. The normalized spacial score (nSPS) is 27.6. The molecule has 1 nitrogen and oxygen atoms in total. The second-order valence-corrected chi connectivity index (χ2v) is 9.27. The zero-order valence-electron chi connectivity index (χ0n) is 10.6. The van der Waals surface area contributed by atoms with Crippen LogP contribution in [0.25, 0.3) is 0 Å². The van der Waals surface area contributed by atoms with Crippen molar-refractivity contribution in [3.05, 3.63) is 19.4 Å². The lowest BCUT2D eigenvalue weighted by Crippen LogP contribution is -2.37. The lowest BCUT2D eigenvalue weighted by Gasteiger charge is -2.29. The van der Waals surface area contributed by atoms with Crippen molar-refractivity contribution in [1.82, 2.24) is 5.32 Å². The number of hydrogen-bond donors (Lipinski definition) is 1. The standard InChI is InChI=1S/C15H20INS/c16-14-8-11-12(2-1-3-13(11)18-14)17-15(9-4-5-9)10-6-7-10/h8-10,12,15,17H,1-7H2.